The lowest BCUT2D eigenvalue weighted by Crippen LogP contribution is -2.28. The molecule has 1 aliphatic carbocycles. The van der Waals surface area contributed by atoms with Crippen molar-refractivity contribution in [2.45, 2.75) is 19.3 Å². The number of carbonyl (C=O) groups excluding carboxylic acids is 1. The van der Waals surface area contributed by atoms with E-state index in [1.165, 1.54) is 0 Å². The minimum absolute atomic E-state index is 0.112. The monoisotopic (exact) mass is 256 g/mol. The molecule has 2 aromatic rings. The van der Waals surface area contributed by atoms with Gasteiger partial charge >= 0.3 is 0 Å². The van der Waals surface area contributed by atoms with Crippen molar-refractivity contribution in [3.8, 4) is 5.75 Å². The van der Waals surface area contributed by atoms with Gasteiger partial charge in [0.25, 0.3) is 0 Å². The van der Waals surface area contributed by atoms with Gasteiger partial charge in [0.15, 0.2) is 0 Å². The Hall–Kier alpha value is -2.10. The number of methoxy groups -OCH3 is 1. The van der Waals surface area contributed by atoms with E-state index in [2.05, 4.69) is 10.3 Å². The number of hydrogen-bond acceptors (Lipinski definition) is 3. The standard InChI is InChI=1S/C15H16N2O2/c1-19-13-6-5-11-7-12(9-16-14(11)8-13)17-15(18)10-3-2-4-10/h5-10H,2-4H2,1H3,(H,17,18). The number of aromatic nitrogens is 1. The van der Waals surface area contributed by atoms with Crippen LogP contribution in [0, 0.1) is 5.92 Å². The number of nitrogens with zero attached hydrogens (tertiary/aromatic N) is 1. The summed E-state index contributed by atoms with van der Waals surface area (Å²) in [5, 5.41) is 3.92. The van der Waals surface area contributed by atoms with Crippen molar-refractivity contribution in [2.24, 2.45) is 5.92 Å². The van der Waals surface area contributed by atoms with Crippen LogP contribution in [0.3, 0.4) is 0 Å². The van der Waals surface area contributed by atoms with Crippen molar-refractivity contribution < 1.29 is 9.53 Å². The topological polar surface area (TPSA) is 51.2 Å². The van der Waals surface area contributed by atoms with Gasteiger partial charge in [-0.15, -0.1) is 0 Å². The summed E-state index contributed by atoms with van der Waals surface area (Å²) in [5.41, 5.74) is 1.62. The van der Waals surface area contributed by atoms with E-state index in [9.17, 15) is 4.79 Å². The van der Waals surface area contributed by atoms with Gasteiger partial charge in [0, 0.05) is 17.4 Å². The number of fused-ring (bicyclic) bond motifs is 1. The van der Waals surface area contributed by atoms with Crippen molar-refractivity contribution in [1.29, 1.82) is 0 Å². The zero-order chi connectivity index (χ0) is 13.2. The molecule has 1 N–H and O–H groups in total. The molecular weight excluding hydrogens is 240 g/mol. The Kier molecular flexibility index (Phi) is 3.07. The van der Waals surface area contributed by atoms with Gasteiger partial charge in [0.1, 0.15) is 5.75 Å². The van der Waals surface area contributed by atoms with Crippen LogP contribution >= 0.6 is 0 Å². The molecule has 0 bridgehead atoms. The molecule has 1 aromatic carbocycles. The van der Waals surface area contributed by atoms with E-state index in [0.29, 0.717) is 0 Å². The van der Waals surface area contributed by atoms with Crippen LogP contribution in [0.1, 0.15) is 19.3 Å². The minimum atomic E-state index is 0.112. The molecule has 1 amide bonds. The minimum Gasteiger partial charge on any atom is -0.497 e. The van der Waals surface area contributed by atoms with E-state index in [4.69, 9.17) is 4.74 Å². The van der Waals surface area contributed by atoms with Crippen molar-refractivity contribution >= 4 is 22.5 Å². The quantitative estimate of drug-likeness (QED) is 0.918. The Morgan fingerprint density at radius 2 is 2.21 bits per heavy atom. The number of nitrogens with one attached hydrogen (secondary N) is 1. The number of carbonyl (C=O) groups is 1. The van der Waals surface area contributed by atoms with E-state index < -0.39 is 0 Å². The molecule has 1 heterocycles. The maximum absolute atomic E-state index is 11.9. The van der Waals surface area contributed by atoms with Crippen LogP contribution < -0.4 is 10.1 Å². The van der Waals surface area contributed by atoms with Gasteiger partial charge in [-0.05, 0) is 31.0 Å². The number of benzene rings is 1. The molecule has 4 nitrogen and oxygen atoms in total. The number of hydrogen-bond donors (Lipinski definition) is 1. The predicted molar refractivity (Wildman–Crippen MR) is 74.3 cm³/mol. The van der Waals surface area contributed by atoms with Gasteiger partial charge in [-0.2, -0.15) is 0 Å². The molecule has 19 heavy (non-hydrogen) atoms. The highest BCUT2D eigenvalue weighted by Gasteiger charge is 2.25. The Morgan fingerprint density at radius 3 is 2.89 bits per heavy atom. The van der Waals surface area contributed by atoms with E-state index >= 15 is 0 Å². The molecule has 1 fully saturated rings. The van der Waals surface area contributed by atoms with Gasteiger partial charge in [-0.3, -0.25) is 9.78 Å². The number of anilines is 1. The van der Waals surface area contributed by atoms with E-state index in [1.807, 2.05) is 24.3 Å². The Labute approximate surface area is 111 Å². The van der Waals surface area contributed by atoms with Crippen LogP contribution in [-0.2, 0) is 4.79 Å². The van der Waals surface area contributed by atoms with Crippen LogP contribution in [0.15, 0.2) is 30.5 Å². The van der Waals surface area contributed by atoms with Gasteiger partial charge in [-0.25, -0.2) is 0 Å². The third-order valence-electron chi connectivity index (χ3n) is 3.63. The van der Waals surface area contributed by atoms with Crippen LogP contribution in [0.4, 0.5) is 5.69 Å². The van der Waals surface area contributed by atoms with Crippen LogP contribution in [0.2, 0.25) is 0 Å². The fourth-order valence-corrected chi connectivity index (χ4v) is 2.21. The molecule has 0 saturated heterocycles. The summed E-state index contributed by atoms with van der Waals surface area (Å²) in [4.78, 5) is 16.2. The summed E-state index contributed by atoms with van der Waals surface area (Å²) in [6.45, 7) is 0. The number of rotatable bonds is 3. The van der Waals surface area contributed by atoms with Gasteiger partial charge in [0.2, 0.25) is 5.91 Å². The molecule has 1 aromatic heterocycles. The fourth-order valence-electron chi connectivity index (χ4n) is 2.21. The molecule has 1 saturated carbocycles. The van der Waals surface area contributed by atoms with Gasteiger partial charge in [-0.1, -0.05) is 6.42 Å². The third kappa shape index (κ3) is 2.38. The van der Waals surface area contributed by atoms with Crippen LogP contribution in [0.25, 0.3) is 10.9 Å². The van der Waals surface area contributed by atoms with E-state index in [0.717, 1.165) is 41.6 Å². The summed E-state index contributed by atoms with van der Waals surface area (Å²) >= 11 is 0. The molecule has 3 rings (SSSR count). The molecular formula is C15H16N2O2. The Morgan fingerprint density at radius 1 is 1.37 bits per heavy atom. The Bertz CT molecular complexity index is 621. The third-order valence-corrected chi connectivity index (χ3v) is 3.63. The van der Waals surface area contributed by atoms with Crippen molar-refractivity contribution in [3.63, 3.8) is 0 Å². The fraction of sp³-hybridized carbons (Fsp3) is 0.333. The summed E-state index contributed by atoms with van der Waals surface area (Å²) in [7, 11) is 1.63. The highest BCUT2D eigenvalue weighted by molar-refractivity contribution is 5.95. The summed E-state index contributed by atoms with van der Waals surface area (Å²) in [6.07, 6.45) is 4.86. The van der Waals surface area contributed by atoms with Crippen LogP contribution in [-0.4, -0.2) is 18.0 Å². The maximum Gasteiger partial charge on any atom is 0.227 e. The highest BCUT2D eigenvalue weighted by atomic mass is 16.5. The largest absolute Gasteiger partial charge is 0.497 e. The highest BCUT2D eigenvalue weighted by Crippen LogP contribution is 2.28. The van der Waals surface area contributed by atoms with Gasteiger partial charge < -0.3 is 10.1 Å². The average Bonchev–Trinajstić information content (AvgIpc) is 2.36. The molecule has 4 heteroatoms. The SMILES string of the molecule is COc1ccc2cc(NC(=O)C3CCC3)cnc2c1. The lowest BCUT2D eigenvalue weighted by atomic mass is 9.85. The second kappa shape index (κ2) is 4.88. The first-order valence-corrected chi connectivity index (χ1v) is 6.51. The van der Waals surface area contributed by atoms with E-state index in [1.54, 1.807) is 13.3 Å². The second-order valence-corrected chi connectivity index (χ2v) is 4.90. The van der Waals surface area contributed by atoms with Crippen LogP contribution in [0.5, 0.6) is 5.75 Å². The first-order valence-electron chi connectivity index (χ1n) is 6.51. The van der Waals surface area contributed by atoms with E-state index in [-0.39, 0.29) is 11.8 Å². The molecule has 0 radical (unpaired) electrons. The van der Waals surface area contributed by atoms with Crippen molar-refractivity contribution in [1.82, 2.24) is 4.98 Å². The summed E-state index contributed by atoms with van der Waals surface area (Å²) in [6, 6.07) is 7.66. The lowest BCUT2D eigenvalue weighted by Gasteiger charge is -2.23. The summed E-state index contributed by atoms with van der Waals surface area (Å²) < 4.78 is 5.16. The summed E-state index contributed by atoms with van der Waals surface area (Å²) in [5.74, 6) is 1.08. The zero-order valence-electron chi connectivity index (χ0n) is 10.8. The maximum atomic E-state index is 11.9. The molecule has 0 unspecified atom stereocenters. The lowest BCUT2D eigenvalue weighted by molar-refractivity contribution is -0.122. The molecule has 0 spiro atoms. The average molecular weight is 256 g/mol. The molecule has 0 aliphatic heterocycles. The Balaban J connectivity index is 1.82. The smallest absolute Gasteiger partial charge is 0.227 e. The first-order chi connectivity index (χ1) is 9.26. The molecule has 98 valence electrons. The van der Waals surface area contributed by atoms with Crippen molar-refractivity contribution in [3.05, 3.63) is 30.5 Å². The van der Waals surface area contributed by atoms with Gasteiger partial charge in [0.05, 0.1) is 24.5 Å². The number of pyridine rings is 1. The second-order valence-electron chi connectivity index (χ2n) is 4.90. The molecule has 1 aliphatic rings. The number of amides is 1. The number of ether oxygens (including phenoxy) is 1. The molecule has 0 atom stereocenters. The zero-order valence-corrected chi connectivity index (χ0v) is 10.8. The predicted octanol–water partition coefficient (Wildman–Crippen LogP) is 2.98. The normalized spacial score (nSPS) is 15.0. The first kappa shape index (κ1) is 12.0. The van der Waals surface area contributed by atoms with Crippen molar-refractivity contribution in [2.75, 3.05) is 12.4 Å².